The minimum absolute atomic E-state index is 0.323. The van der Waals surface area contributed by atoms with Crippen molar-refractivity contribution in [2.45, 2.75) is 44.9 Å². The highest BCUT2D eigenvalue weighted by Crippen LogP contribution is 2.30. The molecule has 1 unspecified atom stereocenters. The third kappa shape index (κ3) is 5.32. The van der Waals surface area contributed by atoms with Crippen molar-refractivity contribution in [2.75, 3.05) is 0 Å². The van der Waals surface area contributed by atoms with Crippen LogP contribution in [0.15, 0.2) is 22.7 Å². The Labute approximate surface area is 126 Å². The van der Waals surface area contributed by atoms with Gasteiger partial charge in [-0.25, -0.2) is 0 Å². The summed E-state index contributed by atoms with van der Waals surface area (Å²) < 4.78 is 1.04. The monoisotopic (exact) mass is 380 g/mol. The molecule has 0 amide bonds. The van der Waals surface area contributed by atoms with Crippen LogP contribution in [0.5, 0.6) is 0 Å². The smallest absolute Gasteiger partial charge is 0.0449 e. The van der Waals surface area contributed by atoms with Gasteiger partial charge in [0.2, 0.25) is 0 Å². The zero-order valence-electron chi connectivity index (χ0n) is 10.6. The summed E-state index contributed by atoms with van der Waals surface area (Å²) in [7, 11) is 0. The zero-order valence-corrected chi connectivity index (χ0v) is 14.5. The van der Waals surface area contributed by atoms with E-state index >= 15 is 0 Å². The van der Waals surface area contributed by atoms with Gasteiger partial charge in [0.15, 0.2) is 0 Å². The van der Waals surface area contributed by atoms with Crippen molar-refractivity contribution >= 4 is 43.5 Å². The number of hydrogen-bond donors (Lipinski definition) is 0. The third-order valence-corrected chi connectivity index (χ3v) is 5.53. The van der Waals surface area contributed by atoms with E-state index in [1.165, 1.54) is 12.0 Å². The fourth-order valence-electron chi connectivity index (χ4n) is 1.63. The van der Waals surface area contributed by atoms with E-state index in [2.05, 4.69) is 64.8 Å². The summed E-state index contributed by atoms with van der Waals surface area (Å²) in [5, 5.41) is 0.862. The van der Waals surface area contributed by atoms with Crippen molar-refractivity contribution in [3.05, 3.63) is 33.3 Å². The highest BCUT2D eigenvalue weighted by molar-refractivity contribution is 9.10. The molecule has 0 heterocycles. The molecule has 0 radical (unpaired) electrons. The highest BCUT2D eigenvalue weighted by Gasteiger charge is 2.20. The molecule has 0 aliphatic heterocycles. The fraction of sp³-hybridized carbons (Fsp3) is 0.571. The number of halogens is 3. The molecule has 3 heteroatoms. The molecule has 0 aliphatic rings. The van der Waals surface area contributed by atoms with Crippen LogP contribution in [0.3, 0.4) is 0 Å². The van der Waals surface area contributed by atoms with Gasteiger partial charge in [-0.1, -0.05) is 70.3 Å². The molecule has 96 valence electrons. The number of aryl methyl sites for hydroxylation is 1. The first kappa shape index (κ1) is 15.5. The number of alkyl halides is 1. The Kier molecular flexibility index (Phi) is 6.01. The first-order chi connectivity index (χ1) is 7.80. The van der Waals surface area contributed by atoms with Crippen LogP contribution in [-0.4, -0.2) is 4.83 Å². The number of rotatable bonds is 4. The molecular weight excluding hydrogens is 363 g/mol. The van der Waals surface area contributed by atoms with Gasteiger partial charge in [-0.05, 0) is 42.4 Å². The van der Waals surface area contributed by atoms with Crippen LogP contribution >= 0.6 is 43.5 Å². The fourth-order valence-corrected chi connectivity index (χ4v) is 2.72. The first-order valence-corrected chi connectivity index (χ1v) is 7.97. The molecule has 0 aliphatic carbocycles. The number of hydrogen-bond acceptors (Lipinski definition) is 0. The van der Waals surface area contributed by atoms with Crippen LogP contribution in [0.2, 0.25) is 5.02 Å². The van der Waals surface area contributed by atoms with Crippen LogP contribution in [0, 0.1) is 5.41 Å². The molecule has 1 atom stereocenters. The van der Waals surface area contributed by atoms with Gasteiger partial charge >= 0.3 is 0 Å². The molecule has 0 N–H and O–H groups in total. The van der Waals surface area contributed by atoms with E-state index in [1.807, 2.05) is 6.07 Å². The van der Waals surface area contributed by atoms with E-state index in [-0.39, 0.29) is 0 Å². The largest absolute Gasteiger partial charge is 0.0885 e. The predicted octanol–water partition coefficient (Wildman–Crippen LogP) is 6.23. The lowest BCUT2D eigenvalue weighted by Crippen LogP contribution is -2.20. The Hall–Kier alpha value is 0.470. The molecule has 0 bridgehead atoms. The average Bonchev–Trinajstić information content (AvgIpc) is 2.19. The minimum atomic E-state index is 0.323. The summed E-state index contributed by atoms with van der Waals surface area (Å²) in [5.74, 6) is 0. The standard InChI is InChI=1S/C14H19Br2Cl/c1-14(2,3)13(16)6-4-5-10-7-8-11(15)9-12(10)17/h7-9,13H,4-6H2,1-3H3. The molecule has 17 heavy (non-hydrogen) atoms. The lowest BCUT2D eigenvalue weighted by molar-refractivity contribution is 0.380. The van der Waals surface area contributed by atoms with Gasteiger partial charge in [0.1, 0.15) is 0 Å². The summed E-state index contributed by atoms with van der Waals surface area (Å²) in [6.45, 7) is 6.79. The molecule has 0 saturated heterocycles. The second-order valence-corrected chi connectivity index (χ2v) is 7.89. The maximum absolute atomic E-state index is 6.19. The van der Waals surface area contributed by atoms with E-state index < -0.39 is 0 Å². The van der Waals surface area contributed by atoms with Crippen molar-refractivity contribution in [3.63, 3.8) is 0 Å². The van der Waals surface area contributed by atoms with Crippen LogP contribution < -0.4 is 0 Å². The molecule has 1 rings (SSSR count). The summed E-state index contributed by atoms with van der Waals surface area (Å²) in [4.78, 5) is 0.559. The Morgan fingerprint density at radius 3 is 2.47 bits per heavy atom. The second kappa shape index (κ2) is 6.58. The molecule has 1 aromatic carbocycles. The lowest BCUT2D eigenvalue weighted by Gasteiger charge is -2.25. The molecule has 0 fully saturated rings. The highest BCUT2D eigenvalue weighted by atomic mass is 79.9. The summed E-state index contributed by atoms with van der Waals surface area (Å²) >= 11 is 13.4. The Bertz CT molecular complexity index is 369. The van der Waals surface area contributed by atoms with Gasteiger partial charge in [-0.15, -0.1) is 0 Å². The number of benzene rings is 1. The van der Waals surface area contributed by atoms with E-state index in [1.54, 1.807) is 0 Å². The van der Waals surface area contributed by atoms with Crippen LogP contribution in [0.25, 0.3) is 0 Å². The van der Waals surface area contributed by atoms with Crippen molar-refractivity contribution in [3.8, 4) is 0 Å². The Morgan fingerprint density at radius 2 is 1.94 bits per heavy atom. The SMILES string of the molecule is CC(C)(C)C(Br)CCCc1ccc(Br)cc1Cl. The average molecular weight is 383 g/mol. The Morgan fingerprint density at radius 1 is 1.29 bits per heavy atom. The maximum Gasteiger partial charge on any atom is 0.0449 e. The van der Waals surface area contributed by atoms with Crippen molar-refractivity contribution in [1.82, 2.24) is 0 Å². The molecule has 1 aromatic rings. The first-order valence-electron chi connectivity index (χ1n) is 5.88. The maximum atomic E-state index is 6.19. The topological polar surface area (TPSA) is 0 Å². The predicted molar refractivity (Wildman–Crippen MR) is 84.3 cm³/mol. The second-order valence-electron chi connectivity index (χ2n) is 5.46. The van der Waals surface area contributed by atoms with Gasteiger partial charge in [0.25, 0.3) is 0 Å². The summed E-state index contributed by atoms with van der Waals surface area (Å²) in [6.07, 6.45) is 3.38. The third-order valence-electron chi connectivity index (χ3n) is 2.86. The van der Waals surface area contributed by atoms with Crippen molar-refractivity contribution in [2.24, 2.45) is 5.41 Å². The normalized spacial score (nSPS) is 13.8. The molecule has 0 nitrogen and oxygen atoms in total. The quantitative estimate of drug-likeness (QED) is 0.541. The van der Waals surface area contributed by atoms with E-state index in [9.17, 15) is 0 Å². The van der Waals surface area contributed by atoms with Crippen LogP contribution in [0.4, 0.5) is 0 Å². The van der Waals surface area contributed by atoms with Crippen molar-refractivity contribution in [1.29, 1.82) is 0 Å². The van der Waals surface area contributed by atoms with E-state index in [0.29, 0.717) is 10.2 Å². The lowest BCUT2D eigenvalue weighted by atomic mass is 9.89. The van der Waals surface area contributed by atoms with Crippen LogP contribution in [0.1, 0.15) is 39.2 Å². The molecule has 0 spiro atoms. The van der Waals surface area contributed by atoms with Gasteiger partial charge < -0.3 is 0 Å². The minimum Gasteiger partial charge on any atom is -0.0885 e. The molecule has 0 saturated carbocycles. The molecular formula is C14H19Br2Cl. The summed E-state index contributed by atoms with van der Waals surface area (Å²) in [5.41, 5.74) is 1.56. The van der Waals surface area contributed by atoms with Gasteiger partial charge in [0, 0.05) is 14.3 Å². The zero-order chi connectivity index (χ0) is 13.1. The Balaban J connectivity index is 2.46. The molecule has 0 aromatic heterocycles. The van der Waals surface area contributed by atoms with Gasteiger partial charge in [-0.2, -0.15) is 0 Å². The van der Waals surface area contributed by atoms with Crippen molar-refractivity contribution < 1.29 is 0 Å². The van der Waals surface area contributed by atoms with E-state index in [0.717, 1.165) is 22.3 Å². The van der Waals surface area contributed by atoms with E-state index in [4.69, 9.17) is 11.6 Å². The van der Waals surface area contributed by atoms with Gasteiger partial charge in [0.05, 0.1) is 0 Å². The van der Waals surface area contributed by atoms with Gasteiger partial charge in [-0.3, -0.25) is 0 Å². The summed E-state index contributed by atoms with van der Waals surface area (Å²) in [6, 6.07) is 6.12. The van der Waals surface area contributed by atoms with Crippen LogP contribution in [-0.2, 0) is 6.42 Å².